The van der Waals surface area contributed by atoms with Crippen molar-refractivity contribution in [3.63, 3.8) is 0 Å². The third kappa shape index (κ3) is 7.41. The molecule has 0 aliphatic rings. The van der Waals surface area contributed by atoms with Gasteiger partial charge in [0.15, 0.2) is 0 Å². The molecule has 0 spiro atoms. The summed E-state index contributed by atoms with van der Waals surface area (Å²) >= 11 is 0. The van der Waals surface area contributed by atoms with E-state index >= 15 is 0 Å². The fourth-order valence-corrected chi connectivity index (χ4v) is 0.817. The Hall–Kier alpha value is -0.590. The summed E-state index contributed by atoms with van der Waals surface area (Å²) in [5, 5.41) is 7.16. The maximum atomic E-state index is 7.16. The molecule has 10 heavy (non-hydrogen) atoms. The Morgan fingerprint density at radius 3 is 2.10 bits per heavy atom. The number of hydrogen-bond acceptors (Lipinski definition) is 1. The van der Waals surface area contributed by atoms with Gasteiger partial charge < -0.3 is 5.41 Å². The van der Waals surface area contributed by atoms with E-state index in [0.29, 0.717) is 0 Å². The number of unbranched alkanes of at least 4 members (excludes halogenated alkanes) is 1. The summed E-state index contributed by atoms with van der Waals surface area (Å²) in [7, 11) is 0. The molecule has 0 aliphatic carbocycles. The Labute approximate surface area is 63.7 Å². The van der Waals surface area contributed by atoms with Crippen LogP contribution in [-0.4, -0.2) is 5.71 Å². The zero-order chi connectivity index (χ0) is 7.98. The standard InChI is InChI=1S/C9H17N/c1-8(2)6-4-5-7-9(3)10/h10H,1,4-7H2,2-3H3. The molecule has 0 heterocycles. The van der Waals surface area contributed by atoms with Gasteiger partial charge in [-0.1, -0.05) is 5.57 Å². The Balaban J connectivity index is 3.06. The third-order valence-electron chi connectivity index (χ3n) is 1.41. The Morgan fingerprint density at radius 1 is 1.20 bits per heavy atom. The van der Waals surface area contributed by atoms with E-state index in [-0.39, 0.29) is 0 Å². The molecule has 0 atom stereocenters. The zero-order valence-electron chi connectivity index (χ0n) is 7.04. The van der Waals surface area contributed by atoms with E-state index in [4.69, 9.17) is 5.41 Å². The van der Waals surface area contributed by atoms with Crippen LogP contribution in [0.3, 0.4) is 0 Å². The van der Waals surface area contributed by atoms with Gasteiger partial charge in [-0.05, 0) is 39.5 Å². The van der Waals surface area contributed by atoms with Gasteiger partial charge in [0.25, 0.3) is 0 Å². The second-order valence-electron chi connectivity index (χ2n) is 2.94. The van der Waals surface area contributed by atoms with Crippen molar-refractivity contribution in [3.05, 3.63) is 12.2 Å². The van der Waals surface area contributed by atoms with E-state index in [1.165, 1.54) is 12.0 Å². The van der Waals surface area contributed by atoms with Crippen molar-refractivity contribution >= 4 is 5.71 Å². The normalized spacial score (nSPS) is 9.40. The van der Waals surface area contributed by atoms with Crippen LogP contribution in [-0.2, 0) is 0 Å². The minimum atomic E-state index is 0.793. The third-order valence-corrected chi connectivity index (χ3v) is 1.41. The molecular weight excluding hydrogens is 122 g/mol. The van der Waals surface area contributed by atoms with Gasteiger partial charge >= 0.3 is 0 Å². The highest BCUT2D eigenvalue weighted by atomic mass is 14.4. The lowest BCUT2D eigenvalue weighted by Crippen LogP contribution is -1.87. The molecule has 0 radical (unpaired) electrons. The lowest BCUT2D eigenvalue weighted by Gasteiger charge is -1.98. The smallest absolute Gasteiger partial charge is 0.00582 e. The highest BCUT2D eigenvalue weighted by Gasteiger charge is 1.90. The molecular formula is C9H17N. The Kier molecular flexibility index (Phi) is 4.91. The summed E-state index contributed by atoms with van der Waals surface area (Å²) in [4.78, 5) is 0. The highest BCUT2D eigenvalue weighted by Crippen LogP contribution is 2.05. The van der Waals surface area contributed by atoms with Gasteiger partial charge in [-0.25, -0.2) is 0 Å². The van der Waals surface area contributed by atoms with E-state index < -0.39 is 0 Å². The second kappa shape index (κ2) is 5.21. The molecule has 0 unspecified atom stereocenters. The van der Waals surface area contributed by atoms with Crippen molar-refractivity contribution < 1.29 is 0 Å². The van der Waals surface area contributed by atoms with E-state index in [1.54, 1.807) is 0 Å². The molecule has 0 amide bonds. The molecule has 0 fully saturated rings. The Morgan fingerprint density at radius 2 is 1.70 bits per heavy atom. The molecule has 0 saturated carbocycles. The largest absolute Gasteiger partial charge is 0.310 e. The zero-order valence-corrected chi connectivity index (χ0v) is 7.04. The van der Waals surface area contributed by atoms with Gasteiger partial charge in [0.05, 0.1) is 0 Å². The van der Waals surface area contributed by atoms with Gasteiger partial charge in [0.2, 0.25) is 0 Å². The van der Waals surface area contributed by atoms with E-state index in [9.17, 15) is 0 Å². The minimum Gasteiger partial charge on any atom is -0.310 e. The average Bonchev–Trinajstić information content (AvgIpc) is 1.79. The topological polar surface area (TPSA) is 23.9 Å². The summed E-state index contributed by atoms with van der Waals surface area (Å²) in [5.41, 5.74) is 2.05. The van der Waals surface area contributed by atoms with Crippen molar-refractivity contribution in [3.8, 4) is 0 Å². The predicted molar refractivity (Wildman–Crippen MR) is 46.7 cm³/mol. The summed E-state index contributed by atoms with van der Waals surface area (Å²) in [6.45, 7) is 7.73. The summed E-state index contributed by atoms with van der Waals surface area (Å²) in [6, 6.07) is 0. The molecule has 0 bridgehead atoms. The quantitative estimate of drug-likeness (QED) is 0.343. The maximum absolute atomic E-state index is 7.16. The van der Waals surface area contributed by atoms with Gasteiger partial charge in [-0.3, -0.25) is 0 Å². The number of hydrogen-bond donors (Lipinski definition) is 1. The van der Waals surface area contributed by atoms with Crippen LogP contribution in [0.15, 0.2) is 12.2 Å². The molecule has 0 rings (SSSR count). The van der Waals surface area contributed by atoms with Crippen molar-refractivity contribution in [2.75, 3.05) is 0 Å². The first-order chi connectivity index (χ1) is 4.63. The summed E-state index contributed by atoms with van der Waals surface area (Å²) < 4.78 is 0. The molecule has 58 valence electrons. The monoisotopic (exact) mass is 139 g/mol. The SMILES string of the molecule is C=C(C)CCCCC(C)=N. The molecule has 0 aliphatic heterocycles. The second-order valence-corrected chi connectivity index (χ2v) is 2.94. The number of allylic oxidation sites excluding steroid dienone is 1. The number of nitrogens with one attached hydrogen (secondary N) is 1. The molecule has 0 aromatic heterocycles. The molecule has 0 aromatic rings. The van der Waals surface area contributed by atoms with Crippen LogP contribution in [0, 0.1) is 5.41 Å². The van der Waals surface area contributed by atoms with E-state index in [1.807, 2.05) is 6.92 Å². The minimum absolute atomic E-state index is 0.793. The molecule has 1 nitrogen and oxygen atoms in total. The summed E-state index contributed by atoms with van der Waals surface area (Å²) in [6.07, 6.45) is 4.40. The van der Waals surface area contributed by atoms with Gasteiger partial charge in [0, 0.05) is 5.71 Å². The first kappa shape index (κ1) is 9.41. The van der Waals surface area contributed by atoms with Crippen LogP contribution in [0.1, 0.15) is 39.5 Å². The van der Waals surface area contributed by atoms with Crippen LogP contribution in [0.4, 0.5) is 0 Å². The number of rotatable bonds is 5. The van der Waals surface area contributed by atoms with Gasteiger partial charge in [-0.2, -0.15) is 0 Å². The fraction of sp³-hybridized carbons (Fsp3) is 0.667. The van der Waals surface area contributed by atoms with Gasteiger partial charge in [0.1, 0.15) is 0 Å². The lowest BCUT2D eigenvalue weighted by atomic mass is 10.1. The van der Waals surface area contributed by atoms with Crippen LogP contribution >= 0.6 is 0 Å². The first-order valence-corrected chi connectivity index (χ1v) is 3.81. The molecule has 1 N–H and O–H groups in total. The van der Waals surface area contributed by atoms with E-state index in [0.717, 1.165) is 25.0 Å². The van der Waals surface area contributed by atoms with E-state index in [2.05, 4.69) is 13.5 Å². The Bertz CT molecular complexity index is 109. The van der Waals surface area contributed by atoms with Crippen LogP contribution < -0.4 is 0 Å². The summed E-state index contributed by atoms with van der Waals surface area (Å²) in [5.74, 6) is 0. The van der Waals surface area contributed by atoms with Crippen molar-refractivity contribution in [2.24, 2.45) is 0 Å². The maximum Gasteiger partial charge on any atom is 0.00582 e. The molecule has 1 heteroatoms. The van der Waals surface area contributed by atoms with Crippen molar-refractivity contribution in [2.45, 2.75) is 39.5 Å². The van der Waals surface area contributed by atoms with Crippen LogP contribution in [0.5, 0.6) is 0 Å². The van der Waals surface area contributed by atoms with Crippen molar-refractivity contribution in [1.29, 1.82) is 5.41 Å². The average molecular weight is 139 g/mol. The van der Waals surface area contributed by atoms with Crippen LogP contribution in [0.2, 0.25) is 0 Å². The highest BCUT2D eigenvalue weighted by molar-refractivity contribution is 5.78. The lowest BCUT2D eigenvalue weighted by molar-refractivity contribution is 0.754. The molecule has 0 saturated heterocycles. The predicted octanol–water partition coefficient (Wildman–Crippen LogP) is 3.16. The first-order valence-electron chi connectivity index (χ1n) is 3.81. The van der Waals surface area contributed by atoms with Crippen LogP contribution in [0.25, 0.3) is 0 Å². The fourth-order valence-electron chi connectivity index (χ4n) is 0.817. The van der Waals surface area contributed by atoms with Crippen molar-refractivity contribution in [1.82, 2.24) is 0 Å². The molecule has 0 aromatic carbocycles. The van der Waals surface area contributed by atoms with Gasteiger partial charge in [-0.15, -0.1) is 6.58 Å².